The lowest BCUT2D eigenvalue weighted by molar-refractivity contribution is 0.588. The maximum Gasteiger partial charge on any atom is 0.245 e. The molecular formula is C3H2N5. The Hall–Kier alpha value is -1.44. The zero-order valence-electron chi connectivity index (χ0n) is 3.94. The van der Waals surface area contributed by atoms with Gasteiger partial charge < -0.3 is 0 Å². The van der Waals surface area contributed by atoms with Crippen LogP contribution in [0, 0.1) is 17.7 Å². The van der Waals surface area contributed by atoms with E-state index in [1.807, 2.05) is 6.07 Å². The lowest BCUT2D eigenvalue weighted by atomic mass is 10.8. The zero-order chi connectivity index (χ0) is 5.82. The van der Waals surface area contributed by atoms with Gasteiger partial charge in [0.15, 0.2) is 0 Å². The quantitative estimate of drug-likeness (QED) is 0.462. The second kappa shape index (κ2) is 2.02. The molecule has 1 heterocycles. The summed E-state index contributed by atoms with van der Waals surface area (Å²) in [6, 6.07) is 1.85. The van der Waals surface area contributed by atoms with Gasteiger partial charge in [0, 0.05) is 0 Å². The molecule has 5 heteroatoms. The van der Waals surface area contributed by atoms with Crippen molar-refractivity contribution in [1.29, 1.82) is 5.26 Å². The Bertz CT molecular complexity index is 182. The summed E-state index contributed by atoms with van der Waals surface area (Å²) in [5.74, 6) is 0. The zero-order valence-corrected chi connectivity index (χ0v) is 3.94. The molecule has 0 saturated carbocycles. The molecule has 1 aromatic rings. The van der Waals surface area contributed by atoms with Crippen LogP contribution in [0.25, 0.3) is 0 Å². The number of nitriles is 1. The van der Waals surface area contributed by atoms with Crippen LogP contribution in [-0.4, -0.2) is 20.2 Å². The van der Waals surface area contributed by atoms with Crippen LogP contribution in [0.2, 0.25) is 0 Å². The molecule has 1 radical (unpaired) electrons. The van der Waals surface area contributed by atoms with E-state index < -0.39 is 0 Å². The van der Waals surface area contributed by atoms with Gasteiger partial charge in [0.25, 0.3) is 0 Å². The van der Waals surface area contributed by atoms with Crippen molar-refractivity contribution in [3.05, 3.63) is 6.33 Å². The van der Waals surface area contributed by atoms with Gasteiger partial charge in [-0.2, -0.15) is 5.26 Å². The monoisotopic (exact) mass is 108 g/mol. The predicted molar refractivity (Wildman–Crippen MR) is 22.3 cm³/mol. The summed E-state index contributed by atoms with van der Waals surface area (Å²) in [5.41, 5.74) is 0. The fourth-order valence-corrected chi connectivity index (χ4v) is 0.293. The summed E-state index contributed by atoms with van der Waals surface area (Å²) in [5, 5.41) is 18.1. The van der Waals surface area contributed by atoms with Crippen LogP contribution in [0.1, 0.15) is 0 Å². The second-order valence-electron chi connectivity index (χ2n) is 1.08. The maximum absolute atomic E-state index is 8.05. The molecule has 0 N–H and O–H groups in total. The number of hydrogen-bond acceptors (Lipinski definition) is 4. The summed E-state index contributed by atoms with van der Waals surface area (Å²) in [4.78, 5) is 1.15. The number of nitrogens with zero attached hydrogens (tertiary/aromatic N) is 5. The van der Waals surface area contributed by atoms with Crippen molar-refractivity contribution in [2.75, 3.05) is 0 Å². The lowest BCUT2D eigenvalue weighted by Gasteiger charge is -1.80. The van der Waals surface area contributed by atoms with Crippen LogP contribution in [0.4, 0.5) is 0 Å². The minimum absolute atomic E-state index is 0.135. The molecule has 1 aromatic heterocycles. The van der Waals surface area contributed by atoms with Crippen LogP contribution >= 0.6 is 0 Å². The van der Waals surface area contributed by atoms with Gasteiger partial charge in [0.05, 0.1) is 6.07 Å². The maximum atomic E-state index is 8.05. The fourth-order valence-electron chi connectivity index (χ4n) is 0.293. The third kappa shape index (κ3) is 0.789. The van der Waals surface area contributed by atoms with Crippen molar-refractivity contribution in [3.63, 3.8) is 0 Å². The summed E-state index contributed by atoms with van der Waals surface area (Å²) >= 11 is 0. The van der Waals surface area contributed by atoms with Crippen molar-refractivity contribution in [2.24, 2.45) is 0 Å². The summed E-state index contributed by atoms with van der Waals surface area (Å²) < 4.78 is 0. The molecule has 0 bridgehead atoms. The Balaban J connectivity index is 2.67. The van der Waals surface area contributed by atoms with Gasteiger partial charge in [0.2, 0.25) is 6.33 Å². The molecule has 0 saturated heterocycles. The van der Waals surface area contributed by atoms with Gasteiger partial charge in [-0.05, 0) is 5.21 Å². The normalized spacial score (nSPS) is 8.38. The van der Waals surface area contributed by atoms with Crippen molar-refractivity contribution in [3.8, 4) is 6.07 Å². The van der Waals surface area contributed by atoms with Crippen molar-refractivity contribution in [2.45, 2.75) is 6.54 Å². The highest BCUT2D eigenvalue weighted by molar-refractivity contribution is 4.64. The Kier molecular flexibility index (Phi) is 1.19. The first kappa shape index (κ1) is 4.71. The first-order valence-corrected chi connectivity index (χ1v) is 1.94. The van der Waals surface area contributed by atoms with E-state index in [9.17, 15) is 0 Å². The molecule has 1 rings (SSSR count). The summed E-state index contributed by atoms with van der Waals surface area (Å²) in [6.45, 7) is 0.135. The molecule has 0 aliphatic rings. The number of tetrazole rings is 1. The third-order valence-electron chi connectivity index (χ3n) is 0.565. The molecular weight excluding hydrogens is 106 g/mol. The van der Waals surface area contributed by atoms with Crippen LogP contribution in [-0.2, 0) is 6.54 Å². The number of aromatic nitrogens is 4. The smallest absolute Gasteiger partial charge is 0.196 e. The number of hydrogen-bond donors (Lipinski definition) is 0. The molecule has 0 amide bonds. The van der Waals surface area contributed by atoms with Gasteiger partial charge in [0.1, 0.15) is 6.54 Å². The standard InChI is InChI=1S/C3H2N5/c4-1-2-8-6-3-5-7-8/h2H2. The Labute approximate surface area is 45.5 Å². The minimum Gasteiger partial charge on any atom is -0.196 e. The van der Waals surface area contributed by atoms with E-state index >= 15 is 0 Å². The van der Waals surface area contributed by atoms with Crippen LogP contribution < -0.4 is 0 Å². The molecule has 0 fully saturated rings. The molecule has 0 aliphatic carbocycles. The van der Waals surface area contributed by atoms with E-state index in [0.29, 0.717) is 0 Å². The molecule has 8 heavy (non-hydrogen) atoms. The highest BCUT2D eigenvalue weighted by Gasteiger charge is 1.86. The van der Waals surface area contributed by atoms with Crippen molar-refractivity contribution in [1.82, 2.24) is 20.2 Å². The summed E-state index contributed by atoms with van der Waals surface area (Å²) in [7, 11) is 0. The average molecular weight is 108 g/mol. The van der Waals surface area contributed by atoms with Crippen molar-refractivity contribution < 1.29 is 0 Å². The Morgan fingerprint density at radius 3 is 3.12 bits per heavy atom. The Morgan fingerprint density at radius 2 is 2.62 bits per heavy atom. The van der Waals surface area contributed by atoms with Gasteiger partial charge in [-0.1, -0.05) is 0 Å². The van der Waals surface area contributed by atoms with E-state index in [-0.39, 0.29) is 6.54 Å². The molecule has 0 spiro atoms. The number of rotatable bonds is 1. The molecule has 39 valence electrons. The van der Waals surface area contributed by atoms with E-state index in [0.717, 1.165) is 4.80 Å². The molecule has 0 aliphatic heterocycles. The minimum atomic E-state index is 0.135. The van der Waals surface area contributed by atoms with E-state index in [1.165, 1.54) is 0 Å². The molecule has 0 unspecified atom stereocenters. The van der Waals surface area contributed by atoms with Crippen LogP contribution in [0.15, 0.2) is 0 Å². The van der Waals surface area contributed by atoms with Crippen molar-refractivity contribution >= 4 is 0 Å². The second-order valence-corrected chi connectivity index (χ2v) is 1.08. The SMILES string of the molecule is N#CCn1n[c]nn1. The predicted octanol–water partition coefficient (Wildman–Crippen LogP) is -1.00. The first-order valence-electron chi connectivity index (χ1n) is 1.94. The van der Waals surface area contributed by atoms with Gasteiger partial charge in [-0.3, -0.25) is 0 Å². The summed E-state index contributed by atoms with van der Waals surface area (Å²) in [6.07, 6.45) is 2.22. The molecule has 0 atom stereocenters. The molecule has 0 aromatic carbocycles. The van der Waals surface area contributed by atoms with E-state index in [1.54, 1.807) is 0 Å². The topological polar surface area (TPSA) is 67.4 Å². The lowest BCUT2D eigenvalue weighted by Crippen LogP contribution is -1.99. The highest BCUT2D eigenvalue weighted by atomic mass is 15.6. The fraction of sp³-hybridized carbons (Fsp3) is 0.333. The largest absolute Gasteiger partial charge is 0.245 e. The van der Waals surface area contributed by atoms with Crippen LogP contribution in [0.3, 0.4) is 0 Å². The van der Waals surface area contributed by atoms with Gasteiger partial charge in [-0.25, -0.2) is 0 Å². The molecule has 5 nitrogen and oxygen atoms in total. The third-order valence-corrected chi connectivity index (χ3v) is 0.565. The van der Waals surface area contributed by atoms with E-state index in [2.05, 4.69) is 21.7 Å². The first-order chi connectivity index (χ1) is 3.93. The highest BCUT2D eigenvalue weighted by Crippen LogP contribution is 1.67. The van der Waals surface area contributed by atoms with Gasteiger partial charge >= 0.3 is 0 Å². The van der Waals surface area contributed by atoms with Gasteiger partial charge in [-0.15, -0.1) is 15.0 Å². The average Bonchev–Trinajstić information content (AvgIpc) is 2.19. The Morgan fingerprint density at radius 1 is 1.75 bits per heavy atom. The van der Waals surface area contributed by atoms with E-state index in [4.69, 9.17) is 5.26 Å². The van der Waals surface area contributed by atoms with Crippen LogP contribution in [0.5, 0.6) is 0 Å².